The van der Waals surface area contributed by atoms with Crippen molar-refractivity contribution in [3.05, 3.63) is 0 Å². The minimum Gasteiger partial charge on any atom is -0.396 e. The molecule has 0 spiro atoms. The first kappa shape index (κ1) is 12.3. The van der Waals surface area contributed by atoms with Crippen LogP contribution in [0.1, 0.15) is 45.4 Å². The molecule has 16 heavy (non-hydrogen) atoms. The fourth-order valence-corrected chi connectivity index (χ4v) is 3.40. The molecule has 0 amide bonds. The first-order valence-electron chi connectivity index (χ1n) is 6.91. The summed E-state index contributed by atoms with van der Waals surface area (Å²) >= 11 is 0. The van der Waals surface area contributed by atoms with Gasteiger partial charge in [0, 0.05) is 24.7 Å². The fourth-order valence-electron chi connectivity index (χ4n) is 3.40. The maximum atomic E-state index is 8.94. The fraction of sp³-hybridized carbons (Fsp3) is 1.00. The summed E-state index contributed by atoms with van der Waals surface area (Å²) in [6, 6.07) is 1.88. The van der Waals surface area contributed by atoms with Gasteiger partial charge in [0.05, 0.1) is 0 Å². The van der Waals surface area contributed by atoms with Gasteiger partial charge in [0.1, 0.15) is 0 Å². The molecule has 3 N–H and O–H groups in total. The lowest BCUT2D eigenvalue weighted by atomic mass is 9.92. The van der Waals surface area contributed by atoms with Crippen molar-refractivity contribution < 1.29 is 5.11 Å². The van der Waals surface area contributed by atoms with Gasteiger partial charge in [0.15, 0.2) is 0 Å². The molecular formula is C13H26N2O. The molecule has 94 valence electrons. The van der Waals surface area contributed by atoms with E-state index in [0.717, 1.165) is 18.4 Å². The molecule has 0 bridgehead atoms. The van der Waals surface area contributed by atoms with E-state index in [2.05, 4.69) is 17.6 Å². The van der Waals surface area contributed by atoms with E-state index >= 15 is 0 Å². The predicted octanol–water partition coefficient (Wildman–Crippen LogP) is 1.27. The van der Waals surface area contributed by atoms with Crippen molar-refractivity contribution in [1.82, 2.24) is 10.6 Å². The summed E-state index contributed by atoms with van der Waals surface area (Å²) in [5.41, 5.74) is 0. The maximum Gasteiger partial charge on any atom is 0.0445 e. The van der Waals surface area contributed by atoms with E-state index in [9.17, 15) is 0 Å². The van der Waals surface area contributed by atoms with E-state index in [1.165, 1.54) is 38.6 Å². The highest BCUT2D eigenvalue weighted by Gasteiger charge is 2.35. The van der Waals surface area contributed by atoms with Crippen molar-refractivity contribution in [1.29, 1.82) is 0 Å². The second kappa shape index (κ2) is 5.99. The summed E-state index contributed by atoms with van der Waals surface area (Å²) in [6.45, 7) is 3.70. The Morgan fingerprint density at radius 2 is 2.19 bits per heavy atom. The quantitative estimate of drug-likeness (QED) is 0.661. The molecule has 3 nitrogen and oxygen atoms in total. The lowest BCUT2D eigenvalue weighted by molar-refractivity contribution is 0.246. The zero-order valence-corrected chi connectivity index (χ0v) is 10.4. The van der Waals surface area contributed by atoms with Crippen LogP contribution in [0.15, 0.2) is 0 Å². The van der Waals surface area contributed by atoms with Crippen LogP contribution in [0.3, 0.4) is 0 Å². The Hall–Kier alpha value is -0.120. The lowest BCUT2D eigenvalue weighted by Crippen LogP contribution is -2.45. The summed E-state index contributed by atoms with van der Waals surface area (Å²) in [6.07, 6.45) is 7.64. The minimum atomic E-state index is 0.299. The Morgan fingerprint density at radius 1 is 1.31 bits per heavy atom. The Kier molecular flexibility index (Phi) is 4.62. The Morgan fingerprint density at radius 3 is 2.88 bits per heavy atom. The highest BCUT2D eigenvalue weighted by atomic mass is 16.3. The molecule has 1 aliphatic heterocycles. The number of hydrogen-bond donors (Lipinski definition) is 3. The summed E-state index contributed by atoms with van der Waals surface area (Å²) < 4.78 is 0. The monoisotopic (exact) mass is 226 g/mol. The second-order valence-electron chi connectivity index (χ2n) is 5.48. The van der Waals surface area contributed by atoms with Crippen LogP contribution in [-0.2, 0) is 0 Å². The van der Waals surface area contributed by atoms with Gasteiger partial charge >= 0.3 is 0 Å². The molecule has 2 aliphatic rings. The molecule has 0 radical (unpaired) electrons. The summed E-state index contributed by atoms with van der Waals surface area (Å²) in [4.78, 5) is 0. The van der Waals surface area contributed by atoms with Crippen LogP contribution in [-0.4, -0.2) is 36.4 Å². The van der Waals surface area contributed by atoms with Crippen LogP contribution in [0.25, 0.3) is 0 Å². The molecule has 2 rings (SSSR count). The SMILES string of the molecule is CC(CCO)NC1CCCC1C1CCCN1. The number of aliphatic hydroxyl groups excluding tert-OH is 1. The number of nitrogens with one attached hydrogen (secondary N) is 2. The van der Waals surface area contributed by atoms with Crippen molar-refractivity contribution >= 4 is 0 Å². The summed E-state index contributed by atoms with van der Waals surface area (Å²) in [5.74, 6) is 0.823. The Bertz CT molecular complexity index is 204. The lowest BCUT2D eigenvalue weighted by Gasteiger charge is -2.29. The van der Waals surface area contributed by atoms with Crippen molar-refractivity contribution in [3.8, 4) is 0 Å². The molecule has 3 heteroatoms. The highest BCUT2D eigenvalue weighted by molar-refractivity contribution is 4.93. The molecule has 0 aromatic carbocycles. The topological polar surface area (TPSA) is 44.3 Å². The molecular weight excluding hydrogens is 200 g/mol. The number of rotatable bonds is 5. The van der Waals surface area contributed by atoms with Gasteiger partial charge < -0.3 is 15.7 Å². The van der Waals surface area contributed by atoms with E-state index in [0.29, 0.717) is 18.7 Å². The number of aliphatic hydroxyl groups is 1. The Balaban J connectivity index is 1.82. The first-order chi connectivity index (χ1) is 7.81. The molecule has 4 unspecified atom stereocenters. The van der Waals surface area contributed by atoms with E-state index in [4.69, 9.17) is 5.11 Å². The van der Waals surface area contributed by atoms with Gasteiger partial charge in [0.25, 0.3) is 0 Å². The normalized spacial score (nSPS) is 36.8. The minimum absolute atomic E-state index is 0.299. The van der Waals surface area contributed by atoms with Crippen LogP contribution in [0.5, 0.6) is 0 Å². The molecule has 1 saturated heterocycles. The van der Waals surface area contributed by atoms with E-state index in [1.54, 1.807) is 0 Å². The summed E-state index contributed by atoms with van der Waals surface area (Å²) in [7, 11) is 0. The largest absolute Gasteiger partial charge is 0.396 e. The molecule has 0 aromatic heterocycles. The van der Waals surface area contributed by atoms with Crippen LogP contribution < -0.4 is 10.6 Å². The second-order valence-corrected chi connectivity index (χ2v) is 5.48. The van der Waals surface area contributed by atoms with Crippen LogP contribution in [0.4, 0.5) is 0 Å². The zero-order chi connectivity index (χ0) is 11.4. The average molecular weight is 226 g/mol. The average Bonchev–Trinajstić information content (AvgIpc) is 2.86. The zero-order valence-electron chi connectivity index (χ0n) is 10.4. The maximum absolute atomic E-state index is 8.94. The molecule has 1 heterocycles. The van der Waals surface area contributed by atoms with Crippen molar-refractivity contribution in [2.45, 2.75) is 63.6 Å². The van der Waals surface area contributed by atoms with Crippen LogP contribution in [0, 0.1) is 5.92 Å². The van der Waals surface area contributed by atoms with Crippen LogP contribution in [0.2, 0.25) is 0 Å². The van der Waals surface area contributed by atoms with Gasteiger partial charge in [-0.25, -0.2) is 0 Å². The molecule has 1 aliphatic carbocycles. The standard InChI is InChI=1S/C13H26N2O/c1-10(7-9-16)15-13-5-2-4-11(13)12-6-3-8-14-12/h10-16H,2-9H2,1H3. The van der Waals surface area contributed by atoms with E-state index < -0.39 is 0 Å². The summed E-state index contributed by atoms with van der Waals surface area (Å²) in [5, 5.41) is 16.3. The van der Waals surface area contributed by atoms with Crippen molar-refractivity contribution in [2.75, 3.05) is 13.2 Å². The predicted molar refractivity (Wildman–Crippen MR) is 66.5 cm³/mol. The highest BCUT2D eigenvalue weighted by Crippen LogP contribution is 2.32. The van der Waals surface area contributed by atoms with Gasteiger partial charge in [0.2, 0.25) is 0 Å². The molecule has 2 fully saturated rings. The van der Waals surface area contributed by atoms with Gasteiger partial charge in [-0.2, -0.15) is 0 Å². The smallest absolute Gasteiger partial charge is 0.0445 e. The van der Waals surface area contributed by atoms with Crippen molar-refractivity contribution in [2.24, 2.45) is 5.92 Å². The van der Waals surface area contributed by atoms with Gasteiger partial charge in [-0.05, 0) is 51.5 Å². The third-order valence-electron chi connectivity index (χ3n) is 4.25. The molecule has 1 saturated carbocycles. The Labute approximate surface area is 99.0 Å². The van der Waals surface area contributed by atoms with Gasteiger partial charge in [-0.3, -0.25) is 0 Å². The van der Waals surface area contributed by atoms with E-state index in [1.807, 2.05) is 0 Å². The third kappa shape index (κ3) is 2.96. The van der Waals surface area contributed by atoms with Crippen molar-refractivity contribution in [3.63, 3.8) is 0 Å². The van der Waals surface area contributed by atoms with Gasteiger partial charge in [-0.15, -0.1) is 0 Å². The third-order valence-corrected chi connectivity index (χ3v) is 4.25. The van der Waals surface area contributed by atoms with E-state index in [-0.39, 0.29) is 0 Å². The first-order valence-corrected chi connectivity index (χ1v) is 6.91. The van der Waals surface area contributed by atoms with Gasteiger partial charge in [-0.1, -0.05) is 6.42 Å². The van der Waals surface area contributed by atoms with Crippen LogP contribution >= 0.6 is 0 Å². The number of hydrogen-bond acceptors (Lipinski definition) is 3. The molecule has 4 atom stereocenters. The molecule has 0 aromatic rings.